The molecule has 0 atom stereocenters. The summed E-state index contributed by atoms with van der Waals surface area (Å²) in [4.78, 5) is 24.7. The zero-order valence-corrected chi connectivity index (χ0v) is 72.4. The molecule has 18 aromatic carbocycles. The van der Waals surface area contributed by atoms with Crippen molar-refractivity contribution in [2.24, 2.45) is 0 Å². The zero-order chi connectivity index (χ0) is 86.1. The van der Waals surface area contributed by atoms with Crippen LogP contribution in [0.1, 0.15) is 74.9 Å². The van der Waals surface area contributed by atoms with E-state index in [9.17, 15) is 0 Å². The Morgan fingerprint density at radius 3 is 0.713 bits per heavy atom. The second-order valence-electron chi connectivity index (χ2n) is 36.3. The van der Waals surface area contributed by atoms with Gasteiger partial charge in [0.1, 0.15) is 0 Å². The Bertz CT molecular complexity index is 7590. The van der Waals surface area contributed by atoms with Gasteiger partial charge in [0.15, 0.2) is 17.5 Å². The summed E-state index contributed by atoms with van der Waals surface area (Å²) in [5, 5.41) is 6.98. The smallest absolute Gasteiger partial charge is 0.164 e. The van der Waals surface area contributed by atoms with Crippen LogP contribution < -0.4 is 14.7 Å². The Kier molecular flexibility index (Phi) is 16.9. The fourth-order valence-electron chi connectivity index (χ4n) is 21.8. The number of nitrogens with zero attached hydrogens (tertiary/aromatic N) is 9. The molecule has 3 aliphatic rings. The van der Waals surface area contributed by atoms with E-state index >= 15 is 0 Å². The van der Waals surface area contributed by atoms with Gasteiger partial charge < -0.3 is 28.4 Å². The Balaban J connectivity index is 0.698. The third-order valence-electron chi connectivity index (χ3n) is 28.0. The minimum atomic E-state index is -0.270. The first-order valence-corrected chi connectivity index (χ1v) is 44.7. The number of aromatic nitrogens is 6. The molecule has 4 aromatic heterocycles. The molecule has 0 spiro atoms. The standard InChI is InChI=1S/C120H87N9/c1-118(2)103-49-22-16-43-91(103)94-61-55-88(73-106(94)118)124(85-58-64-112-100(70-85)97-46-19-25-52-109(97)127(112)79-34-10-7-11-35-79)82-40-28-31-76(67-82)115-121-116(77-32-29-41-83(68-77)125(89-56-62-95-92-44-17-23-50-104(92)119(3,4)107(95)74-89)86-59-65-113-101(71-86)98-47-20-26-53-110(98)128(113)80-36-12-8-13-37-80)123-117(122-115)78-33-30-42-84(69-78)126(90-57-63-96-93-45-18-24-51-105(93)120(5,6)108(96)75-90)87-60-66-114-102(72-87)99-48-21-27-54-111(99)129(114)81-38-14-9-15-39-81/h7-75H,1-6H3. The van der Waals surface area contributed by atoms with Crippen LogP contribution in [0.4, 0.5) is 51.2 Å². The number of hydrogen-bond acceptors (Lipinski definition) is 6. The van der Waals surface area contributed by atoms with Crippen LogP contribution in [0.15, 0.2) is 419 Å². The van der Waals surface area contributed by atoms with Gasteiger partial charge in [0.2, 0.25) is 0 Å². The summed E-state index contributed by atoms with van der Waals surface area (Å²) < 4.78 is 7.17. The van der Waals surface area contributed by atoms with Gasteiger partial charge in [-0.1, -0.05) is 278 Å². The lowest BCUT2D eigenvalue weighted by Gasteiger charge is -2.29. The molecule has 0 saturated carbocycles. The summed E-state index contributed by atoms with van der Waals surface area (Å²) in [7, 11) is 0. The maximum atomic E-state index is 5.80. The van der Waals surface area contributed by atoms with Gasteiger partial charge in [-0.05, 0) is 249 Å². The molecular weight excluding hydrogens is 1570 g/mol. The number of rotatable bonds is 15. The predicted octanol–water partition coefficient (Wildman–Crippen LogP) is 31.5. The zero-order valence-electron chi connectivity index (χ0n) is 72.4. The van der Waals surface area contributed by atoms with Crippen LogP contribution in [-0.4, -0.2) is 28.7 Å². The van der Waals surface area contributed by atoms with E-state index < -0.39 is 0 Å². The van der Waals surface area contributed by atoms with Gasteiger partial charge in [-0.15, -0.1) is 0 Å². The van der Waals surface area contributed by atoms with E-state index in [1.165, 1.54) is 82.9 Å². The van der Waals surface area contributed by atoms with Crippen LogP contribution in [-0.2, 0) is 16.2 Å². The summed E-state index contributed by atoms with van der Waals surface area (Å²) in [6.45, 7) is 14.2. The Hall–Kier alpha value is -16.2. The van der Waals surface area contributed by atoms with Crippen molar-refractivity contribution in [3.63, 3.8) is 0 Å². The number of anilines is 9. The number of fused-ring (bicyclic) bond motifs is 18. The highest BCUT2D eigenvalue weighted by molar-refractivity contribution is 6.14. The van der Waals surface area contributed by atoms with Crippen LogP contribution in [0, 0.1) is 0 Å². The Labute approximate surface area is 749 Å². The monoisotopic (exact) mass is 1650 g/mol. The molecule has 22 aromatic rings. The van der Waals surface area contributed by atoms with Crippen molar-refractivity contribution in [2.45, 2.75) is 57.8 Å². The van der Waals surface area contributed by atoms with E-state index in [4.69, 9.17) is 15.0 Å². The van der Waals surface area contributed by atoms with E-state index in [1.54, 1.807) is 0 Å². The molecule has 0 bridgehead atoms. The molecule has 4 heterocycles. The Morgan fingerprint density at radius 1 is 0.178 bits per heavy atom. The van der Waals surface area contributed by atoms with Crippen LogP contribution >= 0.6 is 0 Å². The van der Waals surface area contributed by atoms with E-state index in [1.807, 2.05) is 0 Å². The van der Waals surface area contributed by atoms with Crippen LogP contribution in [0.5, 0.6) is 0 Å². The maximum Gasteiger partial charge on any atom is 0.164 e. The number of benzene rings is 18. The average Bonchev–Trinajstić information content (AvgIpc) is 1.58. The quantitative estimate of drug-likeness (QED) is 0.102. The molecule has 0 N–H and O–H groups in total. The second-order valence-corrected chi connectivity index (χ2v) is 36.3. The van der Waals surface area contributed by atoms with Gasteiger partial charge in [-0.2, -0.15) is 0 Å². The molecule has 129 heavy (non-hydrogen) atoms. The molecule has 25 rings (SSSR count). The SMILES string of the molecule is CC1(C)c2ccccc2-c2ccc(N(c3cccc(-c4nc(-c5cccc(N(c6ccc7c(c6)C(C)(C)c6ccccc6-7)c6ccc7c(c6)c6ccccc6n7-c6ccccc6)c5)nc(-c5cccc(N(c6ccc7c(c6)C(C)(C)c6ccccc6-7)c6ccc7c(c6)c6ccccc6n7-c6ccccc6)c5)n4)c3)c3ccc4c(c3)c3ccccc3n4-c3ccccc3)cc21. The van der Waals surface area contributed by atoms with Gasteiger partial charge in [0.25, 0.3) is 0 Å². The van der Waals surface area contributed by atoms with Gasteiger partial charge >= 0.3 is 0 Å². The molecule has 3 aliphatic carbocycles. The Morgan fingerprint density at radius 2 is 0.411 bits per heavy atom. The first kappa shape index (κ1) is 75.3. The predicted molar refractivity (Wildman–Crippen MR) is 536 cm³/mol. The lowest BCUT2D eigenvalue weighted by atomic mass is 9.82. The second kappa shape index (κ2) is 28.9. The van der Waals surface area contributed by atoms with Crippen LogP contribution in [0.3, 0.4) is 0 Å². The molecule has 0 fully saturated rings. The molecular formula is C120H87N9. The topological polar surface area (TPSA) is 63.2 Å². The van der Waals surface area contributed by atoms with E-state index in [0.29, 0.717) is 17.5 Å². The average molecular weight is 1660 g/mol. The fourth-order valence-corrected chi connectivity index (χ4v) is 21.8. The van der Waals surface area contributed by atoms with Gasteiger partial charge in [0.05, 0.1) is 33.1 Å². The summed E-state index contributed by atoms with van der Waals surface area (Å²) >= 11 is 0. The molecule has 0 aliphatic heterocycles. The maximum absolute atomic E-state index is 5.80. The first-order chi connectivity index (χ1) is 63.2. The summed E-state index contributed by atoms with van der Waals surface area (Å²) in [5.41, 5.74) is 36.2. The molecule has 0 saturated heterocycles. The van der Waals surface area contributed by atoms with E-state index in [-0.39, 0.29) is 16.2 Å². The minimum Gasteiger partial charge on any atom is -0.310 e. The minimum absolute atomic E-state index is 0.270. The van der Waals surface area contributed by atoms with Gasteiger partial charge in [0, 0.05) is 134 Å². The molecule has 612 valence electrons. The van der Waals surface area contributed by atoms with Crippen LogP contribution in [0.2, 0.25) is 0 Å². The largest absolute Gasteiger partial charge is 0.310 e. The fraction of sp³-hybridized carbons (Fsp3) is 0.0750. The third kappa shape index (κ3) is 11.8. The third-order valence-corrected chi connectivity index (χ3v) is 28.0. The summed E-state index contributed by atoms with van der Waals surface area (Å²) in [5.74, 6) is 1.57. The molecule has 0 radical (unpaired) electrons. The highest BCUT2D eigenvalue weighted by Gasteiger charge is 2.40. The first-order valence-electron chi connectivity index (χ1n) is 44.7. The van der Waals surface area contributed by atoms with Crippen molar-refractivity contribution in [1.29, 1.82) is 0 Å². The number of hydrogen-bond donors (Lipinski definition) is 0. The van der Waals surface area contributed by atoms with Crippen molar-refractivity contribution in [3.8, 4) is 84.6 Å². The lowest BCUT2D eigenvalue weighted by molar-refractivity contribution is 0.660. The number of para-hydroxylation sites is 6. The van der Waals surface area contributed by atoms with Gasteiger partial charge in [-0.3, -0.25) is 0 Å². The van der Waals surface area contributed by atoms with Crippen molar-refractivity contribution in [1.82, 2.24) is 28.7 Å². The van der Waals surface area contributed by atoms with Crippen molar-refractivity contribution < 1.29 is 0 Å². The van der Waals surface area contributed by atoms with E-state index in [0.717, 1.165) is 134 Å². The molecule has 9 nitrogen and oxygen atoms in total. The molecule has 9 heteroatoms. The van der Waals surface area contributed by atoms with E-state index in [2.05, 4.69) is 489 Å². The molecule has 0 unspecified atom stereocenters. The summed E-state index contributed by atoms with van der Waals surface area (Å²) in [6.07, 6.45) is 0. The highest BCUT2D eigenvalue weighted by Crippen LogP contribution is 2.56. The lowest BCUT2D eigenvalue weighted by Crippen LogP contribution is -2.16. The highest BCUT2D eigenvalue weighted by atomic mass is 15.2. The van der Waals surface area contributed by atoms with Crippen LogP contribution in [0.25, 0.3) is 150 Å². The van der Waals surface area contributed by atoms with Crippen molar-refractivity contribution >= 4 is 117 Å². The normalized spacial score (nSPS) is 13.5. The summed E-state index contributed by atoms with van der Waals surface area (Å²) in [6, 6.07) is 154. The van der Waals surface area contributed by atoms with Crippen molar-refractivity contribution in [2.75, 3.05) is 14.7 Å². The molecule has 0 amide bonds. The van der Waals surface area contributed by atoms with Crippen molar-refractivity contribution in [3.05, 3.63) is 452 Å². The van der Waals surface area contributed by atoms with Gasteiger partial charge in [-0.25, -0.2) is 15.0 Å².